The minimum atomic E-state index is 0.0222. The molecular formula is C11H19N3OS. The fourth-order valence-electron chi connectivity index (χ4n) is 1.93. The maximum Gasteiger partial charge on any atom is 0.186 e. The third-order valence-electron chi connectivity index (χ3n) is 2.94. The second kappa shape index (κ2) is 4.31. The highest BCUT2D eigenvalue weighted by Crippen LogP contribution is 2.32. The van der Waals surface area contributed by atoms with Crippen LogP contribution in [-0.4, -0.2) is 30.3 Å². The number of morpholine rings is 1. The van der Waals surface area contributed by atoms with Crippen molar-refractivity contribution in [2.24, 2.45) is 5.73 Å². The molecule has 2 heterocycles. The van der Waals surface area contributed by atoms with E-state index in [1.807, 2.05) is 6.92 Å². The fraction of sp³-hybridized carbons (Fsp3) is 0.727. The standard InChI is InChI=1S/C11H19N3OS/c1-8-9(6-12)16-10(13-8)14-4-5-15-7-11(14,2)3/h4-7,12H2,1-3H3. The van der Waals surface area contributed by atoms with Crippen LogP contribution in [0, 0.1) is 6.92 Å². The monoisotopic (exact) mass is 241 g/mol. The van der Waals surface area contributed by atoms with E-state index in [1.54, 1.807) is 11.3 Å². The molecule has 1 aliphatic heterocycles. The lowest BCUT2D eigenvalue weighted by Crippen LogP contribution is -2.53. The summed E-state index contributed by atoms with van der Waals surface area (Å²) in [4.78, 5) is 8.11. The average molecular weight is 241 g/mol. The molecule has 1 fully saturated rings. The molecule has 0 unspecified atom stereocenters. The van der Waals surface area contributed by atoms with Gasteiger partial charge in [0.1, 0.15) is 0 Å². The highest BCUT2D eigenvalue weighted by molar-refractivity contribution is 7.15. The van der Waals surface area contributed by atoms with Crippen LogP contribution >= 0.6 is 11.3 Å². The quantitative estimate of drug-likeness (QED) is 0.853. The molecule has 0 saturated carbocycles. The van der Waals surface area contributed by atoms with Crippen LogP contribution in [0.1, 0.15) is 24.4 Å². The maximum absolute atomic E-state index is 5.69. The molecule has 0 bridgehead atoms. The van der Waals surface area contributed by atoms with Crippen LogP contribution in [-0.2, 0) is 11.3 Å². The number of thiazole rings is 1. The zero-order valence-electron chi connectivity index (χ0n) is 10.1. The first kappa shape index (κ1) is 11.8. The van der Waals surface area contributed by atoms with Crippen molar-refractivity contribution in [3.8, 4) is 0 Å². The summed E-state index contributed by atoms with van der Waals surface area (Å²) < 4.78 is 5.51. The van der Waals surface area contributed by atoms with Crippen LogP contribution < -0.4 is 10.6 Å². The normalized spacial score (nSPS) is 20.1. The Labute approximate surface area is 100 Å². The summed E-state index contributed by atoms with van der Waals surface area (Å²) in [6.07, 6.45) is 0. The van der Waals surface area contributed by atoms with E-state index in [4.69, 9.17) is 10.5 Å². The summed E-state index contributed by atoms with van der Waals surface area (Å²) in [6.45, 7) is 9.41. The highest BCUT2D eigenvalue weighted by Gasteiger charge is 2.32. The van der Waals surface area contributed by atoms with Gasteiger partial charge in [0.2, 0.25) is 0 Å². The summed E-state index contributed by atoms with van der Waals surface area (Å²) in [5.74, 6) is 0. The molecule has 0 aliphatic carbocycles. The predicted octanol–water partition coefficient (Wildman–Crippen LogP) is 1.53. The van der Waals surface area contributed by atoms with Crippen molar-refractivity contribution in [1.29, 1.82) is 0 Å². The van der Waals surface area contributed by atoms with Gasteiger partial charge in [-0.05, 0) is 20.8 Å². The van der Waals surface area contributed by atoms with Gasteiger partial charge in [-0.1, -0.05) is 0 Å². The molecule has 0 atom stereocenters. The summed E-state index contributed by atoms with van der Waals surface area (Å²) in [7, 11) is 0. The Hall–Kier alpha value is -0.650. The van der Waals surface area contributed by atoms with E-state index in [0.717, 1.165) is 30.6 Å². The van der Waals surface area contributed by atoms with E-state index in [2.05, 4.69) is 23.7 Å². The van der Waals surface area contributed by atoms with E-state index >= 15 is 0 Å². The summed E-state index contributed by atoms with van der Waals surface area (Å²) >= 11 is 1.70. The molecule has 1 aromatic rings. The molecule has 0 radical (unpaired) electrons. The number of hydrogen-bond donors (Lipinski definition) is 1. The Balaban J connectivity index is 2.28. The molecule has 0 aromatic carbocycles. The van der Waals surface area contributed by atoms with E-state index in [1.165, 1.54) is 4.88 Å². The number of nitrogens with two attached hydrogens (primary N) is 1. The van der Waals surface area contributed by atoms with Gasteiger partial charge in [-0.15, -0.1) is 11.3 Å². The topological polar surface area (TPSA) is 51.4 Å². The Bertz CT molecular complexity index is 375. The number of aryl methyl sites for hydroxylation is 1. The van der Waals surface area contributed by atoms with Gasteiger partial charge >= 0.3 is 0 Å². The second-order valence-corrected chi connectivity index (χ2v) is 5.79. The van der Waals surface area contributed by atoms with Crippen LogP contribution in [0.15, 0.2) is 0 Å². The molecule has 1 aliphatic rings. The van der Waals surface area contributed by atoms with Gasteiger partial charge in [-0.25, -0.2) is 4.98 Å². The SMILES string of the molecule is Cc1nc(N2CCOCC2(C)C)sc1CN. The van der Waals surface area contributed by atoms with Crippen LogP contribution in [0.4, 0.5) is 5.13 Å². The summed E-state index contributed by atoms with van der Waals surface area (Å²) in [5.41, 5.74) is 6.77. The fourth-order valence-corrected chi connectivity index (χ4v) is 3.06. The van der Waals surface area contributed by atoms with Crippen LogP contribution in [0.3, 0.4) is 0 Å². The van der Waals surface area contributed by atoms with Crippen molar-refractivity contribution in [1.82, 2.24) is 4.98 Å². The Morgan fingerprint density at radius 1 is 1.56 bits per heavy atom. The lowest BCUT2D eigenvalue weighted by Gasteiger charge is -2.42. The number of ether oxygens (including phenoxy) is 1. The second-order valence-electron chi connectivity index (χ2n) is 4.73. The first-order valence-electron chi connectivity index (χ1n) is 5.56. The smallest absolute Gasteiger partial charge is 0.186 e. The van der Waals surface area contributed by atoms with Crippen molar-refractivity contribution in [3.63, 3.8) is 0 Å². The van der Waals surface area contributed by atoms with E-state index in [-0.39, 0.29) is 5.54 Å². The first-order valence-corrected chi connectivity index (χ1v) is 6.38. The molecule has 90 valence electrons. The van der Waals surface area contributed by atoms with Crippen molar-refractivity contribution in [3.05, 3.63) is 10.6 Å². The Kier molecular flexibility index (Phi) is 3.19. The third-order valence-corrected chi connectivity index (χ3v) is 4.15. The van der Waals surface area contributed by atoms with Gasteiger partial charge in [0.15, 0.2) is 5.13 Å². The minimum Gasteiger partial charge on any atom is -0.377 e. The van der Waals surface area contributed by atoms with Crippen molar-refractivity contribution in [2.75, 3.05) is 24.7 Å². The van der Waals surface area contributed by atoms with E-state index < -0.39 is 0 Å². The summed E-state index contributed by atoms with van der Waals surface area (Å²) in [5, 5.41) is 1.08. The van der Waals surface area contributed by atoms with Crippen LogP contribution in [0.25, 0.3) is 0 Å². The number of hydrogen-bond acceptors (Lipinski definition) is 5. The number of nitrogens with zero attached hydrogens (tertiary/aromatic N) is 2. The average Bonchev–Trinajstić information content (AvgIpc) is 2.58. The van der Waals surface area contributed by atoms with Crippen molar-refractivity contribution < 1.29 is 4.74 Å². The summed E-state index contributed by atoms with van der Waals surface area (Å²) in [6, 6.07) is 0. The largest absolute Gasteiger partial charge is 0.377 e. The van der Waals surface area contributed by atoms with Gasteiger partial charge in [0, 0.05) is 18.0 Å². The molecule has 2 N–H and O–H groups in total. The van der Waals surface area contributed by atoms with Crippen molar-refractivity contribution >= 4 is 16.5 Å². The van der Waals surface area contributed by atoms with Gasteiger partial charge in [-0.2, -0.15) is 0 Å². The zero-order valence-corrected chi connectivity index (χ0v) is 10.9. The molecular weight excluding hydrogens is 222 g/mol. The molecule has 1 aromatic heterocycles. The third kappa shape index (κ3) is 2.07. The Morgan fingerprint density at radius 2 is 2.31 bits per heavy atom. The van der Waals surface area contributed by atoms with Gasteiger partial charge in [-0.3, -0.25) is 0 Å². The molecule has 1 saturated heterocycles. The molecule has 0 amide bonds. The Morgan fingerprint density at radius 3 is 2.88 bits per heavy atom. The lowest BCUT2D eigenvalue weighted by atomic mass is 10.0. The predicted molar refractivity (Wildman–Crippen MR) is 67.0 cm³/mol. The van der Waals surface area contributed by atoms with E-state index in [9.17, 15) is 0 Å². The lowest BCUT2D eigenvalue weighted by molar-refractivity contribution is 0.0643. The number of aromatic nitrogens is 1. The number of anilines is 1. The molecule has 4 nitrogen and oxygen atoms in total. The molecule has 2 rings (SSSR count). The van der Waals surface area contributed by atoms with E-state index in [0.29, 0.717) is 6.54 Å². The van der Waals surface area contributed by atoms with Gasteiger partial charge < -0.3 is 15.4 Å². The molecule has 0 spiro atoms. The number of rotatable bonds is 2. The maximum atomic E-state index is 5.69. The highest BCUT2D eigenvalue weighted by atomic mass is 32.1. The zero-order chi connectivity index (χ0) is 11.8. The van der Waals surface area contributed by atoms with Crippen molar-refractivity contribution in [2.45, 2.75) is 32.9 Å². The van der Waals surface area contributed by atoms with Crippen LogP contribution in [0.5, 0.6) is 0 Å². The molecule has 5 heteroatoms. The van der Waals surface area contributed by atoms with Gasteiger partial charge in [0.05, 0.1) is 24.4 Å². The molecule has 16 heavy (non-hydrogen) atoms. The minimum absolute atomic E-state index is 0.0222. The van der Waals surface area contributed by atoms with Crippen LogP contribution in [0.2, 0.25) is 0 Å². The first-order chi connectivity index (χ1) is 7.54. The van der Waals surface area contributed by atoms with Gasteiger partial charge in [0.25, 0.3) is 0 Å².